The maximum absolute atomic E-state index is 12.6. The van der Waals surface area contributed by atoms with Crippen LogP contribution in [-0.2, 0) is 10.9 Å². The summed E-state index contributed by atoms with van der Waals surface area (Å²) in [5, 5.41) is 28.4. The minimum Gasteiger partial charge on any atom is -0.388 e. The number of ether oxygens (including phenoxy) is 1. The number of nitrogens with zero attached hydrogens (tertiary/aromatic N) is 1. The minimum atomic E-state index is -5.01. The molecule has 1 saturated heterocycles. The largest absolute Gasteiger partial charge is 0.423 e. The molecule has 0 spiro atoms. The van der Waals surface area contributed by atoms with E-state index in [1.165, 1.54) is 4.98 Å². The molecule has 1 fully saturated rings. The van der Waals surface area contributed by atoms with Gasteiger partial charge in [0.25, 0.3) is 5.56 Å². The Morgan fingerprint density at radius 2 is 1.86 bits per heavy atom. The van der Waals surface area contributed by atoms with Crippen molar-refractivity contribution in [2.24, 2.45) is 0 Å². The summed E-state index contributed by atoms with van der Waals surface area (Å²) in [6.07, 6.45) is -11.5. The third-order valence-electron chi connectivity index (χ3n) is 3.02. The van der Waals surface area contributed by atoms with Gasteiger partial charge in [0.2, 0.25) is 0 Å². The van der Waals surface area contributed by atoms with Crippen LogP contribution in [0.4, 0.5) is 13.2 Å². The summed E-state index contributed by atoms with van der Waals surface area (Å²) in [6, 6.07) is 0. The molecule has 0 aromatic carbocycles. The Balaban J connectivity index is 2.50. The Kier molecular flexibility index (Phi) is 3.93. The first-order chi connectivity index (χ1) is 9.62. The number of nitrogens with one attached hydrogen (secondary N) is 1. The van der Waals surface area contributed by atoms with Crippen LogP contribution in [0.25, 0.3) is 0 Å². The minimum absolute atomic E-state index is 0.194. The molecule has 118 valence electrons. The highest BCUT2D eigenvalue weighted by molar-refractivity contribution is 5.09. The van der Waals surface area contributed by atoms with Crippen molar-refractivity contribution in [1.82, 2.24) is 9.55 Å². The molecule has 0 bridgehead atoms. The molecular formula is C10H11F3N2O6. The monoisotopic (exact) mass is 312 g/mol. The van der Waals surface area contributed by atoms with Crippen LogP contribution in [-0.4, -0.2) is 49.8 Å². The van der Waals surface area contributed by atoms with Gasteiger partial charge in [-0.1, -0.05) is 0 Å². The normalized spacial score (nSPS) is 30.4. The summed E-state index contributed by atoms with van der Waals surface area (Å²) in [6.45, 7) is -0.504. The Morgan fingerprint density at radius 1 is 1.24 bits per heavy atom. The van der Waals surface area contributed by atoms with Crippen molar-refractivity contribution in [1.29, 1.82) is 0 Å². The predicted molar refractivity (Wildman–Crippen MR) is 59.3 cm³/mol. The number of aromatic amines is 1. The summed E-state index contributed by atoms with van der Waals surface area (Å²) in [5.74, 6) is 0. The molecule has 1 aliphatic rings. The Hall–Kier alpha value is -1.69. The lowest BCUT2D eigenvalue weighted by Crippen LogP contribution is -2.53. The van der Waals surface area contributed by atoms with Gasteiger partial charge in [-0.25, -0.2) is 4.79 Å². The van der Waals surface area contributed by atoms with Crippen LogP contribution in [0.1, 0.15) is 11.8 Å². The zero-order valence-corrected chi connectivity index (χ0v) is 10.2. The van der Waals surface area contributed by atoms with Crippen LogP contribution >= 0.6 is 0 Å². The molecule has 2 heterocycles. The summed E-state index contributed by atoms with van der Waals surface area (Å²) in [7, 11) is 0. The van der Waals surface area contributed by atoms with Crippen molar-refractivity contribution >= 4 is 0 Å². The number of halogens is 3. The molecule has 11 heteroatoms. The second-order valence-corrected chi connectivity index (χ2v) is 4.48. The maximum atomic E-state index is 12.6. The van der Waals surface area contributed by atoms with Crippen LogP contribution in [0, 0.1) is 0 Å². The fourth-order valence-corrected chi connectivity index (χ4v) is 1.91. The number of alkyl halides is 3. The SMILES string of the molecule is O=c1[nH]c(=O)n([C@H]2OC[C@@H](O)[C@@H](O)[C@@H]2O)cc1C(F)(F)F. The van der Waals surface area contributed by atoms with E-state index in [0.29, 0.717) is 4.57 Å². The molecule has 0 amide bonds. The first-order valence-corrected chi connectivity index (χ1v) is 5.71. The van der Waals surface area contributed by atoms with Gasteiger partial charge in [0.15, 0.2) is 6.23 Å². The first kappa shape index (κ1) is 15.7. The molecule has 4 atom stereocenters. The summed E-state index contributed by atoms with van der Waals surface area (Å²) < 4.78 is 43.1. The standard InChI is InChI=1S/C10H11F3N2O6/c11-10(12,13)3-1-15(9(20)14-7(3)19)8-6(18)5(17)4(16)2-21-8/h1,4-6,8,16-18H,2H2,(H,14,19,20)/t4-,5-,6+,8+/m1/s1. The Morgan fingerprint density at radius 3 is 2.43 bits per heavy atom. The van der Waals surface area contributed by atoms with Gasteiger partial charge >= 0.3 is 11.9 Å². The topological polar surface area (TPSA) is 125 Å². The van der Waals surface area contributed by atoms with Gasteiger partial charge < -0.3 is 20.1 Å². The van der Waals surface area contributed by atoms with Gasteiger partial charge in [-0.15, -0.1) is 0 Å². The average Bonchev–Trinajstić information content (AvgIpc) is 2.36. The third kappa shape index (κ3) is 2.85. The number of aromatic nitrogens is 2. The molecule has 0 saturated carbocycles. The Bertz CT molecular complexity index is 639. The molecule has 8 nitrogen and oxygen atoms in total. The highest BCUT2D eigenvalue weighted by Gasteiger charge is 2.41. The van der Waals surface area contributed by atoms with Crippen LogP contribution in [0.3, 0.4) is 0 Å². The van der Waals surface area contributed by atoms with Crippen molar-refractivity contribution in [2.75, 3.05) is 6.61 Å². The van der Waals surface area contributed by atoms with Crippen LogP contribution in [0.15, 0.2) is 15.8 Å². The van der Waals surface area contributed by atoms with Crippen molar-refractivity contribution in [2.45, 2.75) is 30.7 Å². The van der Waals surface area contributed by atoms with Crippen molar-refractivity contribution in [3.63, 3.8) is 0 Å². The second-order valence-electron chi connectivity index (χ2n) is 4.48. The van der Waals surface area contributed by atoms with E-state index >= 15 is 0 Å². The lowest BCUT2D eigenvalue weighted by Gasteiger charge is -2.35. The lowest BCUT2D eigenvalue weighted by atomic mass is 10.0. The van der Waals surface area contributed by atoms with Gasteiger partial charge in [0.1, 0.15) is 23.9 Å². The van der Waals surface area contributed by atoms with E-state index in [2.05, 4.69) is 0 Å². The van der Waals surface area contributed by atoms with Gasteiger partial charge in [-0.05, 0) is 0 Å². The van der Waals surface area contributed by atoms with Crippen LogP contribution < -0.4 is 11.2 Å². The van der Waals surface area contributed by atoms with E-state index in [-0.39, 0.29) is 6.20 Å². The summed E-state index contributed by atoms with van der Waals surface area (Å²) >= 11 is 0. The zero-order chi connectivity index (χ0) is 15.9. The number of rotatable bonds is 1. The predicted octanol–water partition coefficient (Wildman–Crippen LogP) is -1.83. The van der Waals surface area contributed by atoms with E-state index < -0.39 is 54.1 Å². The van der Waals surface area contributed by atoms with Gasteiger partial charge in [0.05, 0.1) is 6.61 Å². The van der Waals surface area contributed by atoms with Gasteiger partial charge in [0, 0.05) is 6.20 Å². The molecule has 21 heavy (non-hydrogen) atoms. The number of H-pyrrole nitrogens is 1. The van der Waals surface area contributed by atoms with E-state index in [9.17, 15) is 38.1 Å². The molecule has 2 rings (SSSR count). The number of aliphatic hydroxyl groups excluding tert-OH is 3. The molecule has 0 unspecified atom stereocenters. The maximum Gasteiger partial charge on any atom is 0.423 e. The van der Waals surface area contributed by atoms with Crippen molar-refractivity contribution < 1.29 is 33.2 Å². The number of hydrogen-bond acceptors (Lipinski definition) is 6. The lowest BCUT2D eigenvalue weighted by molar-refractivity contribution is -0.212. The summed E-state index contributed by atoms with van der Waals surface area (Å²) in [5.41, 5.74) is -4.53. The van der Waals surface area contributed by atoms with Crippen molar-refractivity contribution in [3.05, 3.63) is 32.6 Å². The fourth-order valence-electron chi connectivity index (χ4n) is 1.91. The second kappa shape index (κ2) is 5.26. The summed E-state index contributed by atoms with van der Waals surface area (Å²) in [4.78, 5) is 24.1. The number of hydrogen-bond donors (Lipinski definition) is 4. The molecule has 1 aromatic heterocycles. The van der Waals surface area contributed by atoms with E-state index in [4.69, 9.17) is 4.74 Å². The first-order valence-electron chi connectivity index (χ1n) is 5.71. The highest BCUT2D eigenvalue weighted by atomic mass is 19.4. The molecule has 0 aliphatic carbocycles. The zero-order valence-electron chi connectivity index (χ0n) is 10.2. The fraction of sp³-hybridized carbons (Fsp3) is 0.600. The van der Waals surface area contributed by atoms with Gasteiger partial charge in [-0.3, -0.25) is 14.3 Å². The number of aliphatic hydroxyl groups is 3. The van der Waals surface area contributed by atoms with E-state index in [1.54, 1.807) is 0 Å². The third-order valence-corrected chi connectivity index (χ3v) is 3.02. The molecule has 4 N–H and O–H groups in total. The van der Waals surface area contributed by atoms with Crippen LogP contribution in [0.5, 0.6) is 0 Å². The van der Waals surface area contributed by atoms with Crippen LogP contribution in [0.2, 0.25) is 0 Å². The molecule has 1 aliphatic heterocycles. The van der Waals surface area contributed by atoms with E-state index in [0.717, 1.165) is 0 Å². The van der Waals surface area contributed by atoms with Gasteiger partial charge in [-0.2, -0.15) is 13.2 Å². The van der Waals surface area contributed by atoms with Crippen molar-refractivity contribution in [3.8, 4) is 0 Å². The smallest absolute Gasteiger partial charge is 0.388 e. The quantitative estimate of drug-likeness (QED) is 0.483. The molecular weight excluding hydrogens is 301 g/mol. The highest BCUT2D eigenvalue weighted by Crippen LogP contribution is 2.28. The Labute approximate surface area is 114 Å². The molecule has 1 aromatic rings. The molecule has 0 radical (unpaired) electrons. The van der Waals surface area contributed by atoms with E-state index in [1.807, 2.05) is 0 Å². The average molecular weight is 312 g/mol.